The number of nitrogens with zero attached hydrogens (tertiary/aromatic N) is 3. The van der Waals surface area contributed by atoms with E-state index in [9.17, 15) is 9.90 Å². The largest absolute Gasteiger partial charge is 0.392 e. The van der Waals surface area contributed by atoms with Crippen LogP contribution in [0.3, 0.4) is 0 Å². The Balaban J connectivity index is 1.60. The van der Waals surface area contributed by atoms with Gasteiger partial charge in [-0.25, -0.2) is 4.68 Å². The Morgan fingerprint density at radius 2 is 2.00 bits per heavy atom. The molecule has 1 aliphatic heterocycles. The topological polar surface area (TPSA) is 70.4 Å². The summed E-state index contributed by atoms with van der Waals surface area (Å²) >= 11 is 0. The number of carbonyl (C=O) groups excluding carboxylic acids is 1. The van der Waals surface area contributed by atoms with Crippen LogP contribution >= 0.6 is 0 Å². The average Bonchev–Trinajstić information content (AvgIpc) is 3.11. The molecule has 1 saturated heterocycles. The lowest BCUT2D eigenvalue weighted by molar-refractivity contribution is 0.0867. The second kappa shape index (κ2) is 8.27. The number of anilines is 1. The van der Waals surface area contributed by atoms with Crippen LogP contribution < -0.4 is 5.32 Å². The van der Waals surface area contributed by atoms with Crippen molar-refractivity contribution < 1.29 is 9.90 Å². The van der Waals surface area contributed by atoms with Crippen LogP contribution in [0, 0.1) is 0 Å². The lowest BCUT2D eigenvalue weighted by atomic mass is 10.0. The maximum Gasteiger partial charge on any atom is 0.256 e. The van der Waals surface area contributed by atoms with Crippen LogP contribution in [-0.4, -0.2) is 51.4 Å². The first-order chi connectivity index (χ1) is 12.2. The molecule has 6 nitrogen and oxygen atoms in total. The summed E-state index contributed by atoms with van der Waals surface area (Å²) in [6.07, 6.45) is 4.20. The number of carbonyl (C=O) groups is 1. The minimum absolute atomic E-state index is 0.120. The number of β-amino-alcohol motifs (C(OH)–C–C–N with tert-alkyl or cyclic N) is 1. The Kier molecular flexibility index (Phi) is 5.83. The van der Waals surface area contributed by atoms with Crippen molar-refractivity contribution >= 4 is 11.7 Å². The van der Waals surface area contributed by atoms with Crippen molar-refractivity contribution in [3.8, 4) is 0 Å². The fourth-order valence-electron chi connectivity index (χ4n) is 3.26. The minimum Gasteiger partial charge on any atom is -0.392 e. The van der Waals surface area contributed by atoms with Crippen molar-refractivity contribution in [3.63, 3.8) is 0 Å². The van der Waals surface area contributed by atoms with Gasteiger partial charge < -0.3 is 15.3 Å². The molecular weight excluding hydrogens is 316 g/mol. The van der Waals surface area contributed by atoms with Gasteiger partial charge in [0.05, 0.1) is 18.3 Å². The molecule has 1 aromatic heterocycles. The molecule has 0 saturated carbocycles. The van der Waals surface area contributed by atoms with Gasteiger partial charge in [-0.05, 0) is 31.4 Å². The first-order valence-electron chi connectivity index (χ1n) is 8.97. The molecule has 2 N–H and O–H groups in total. The SMILES string of the molecule is CCC(O)CN1CCC(n2nccc2NC(=O)c2ccccc2)CC1. The van der Waals surface area contributed by atoms with Crippen LogP contribution in [0.25, 0.3) is 0 Å². The van der Waals surface area contributed by atoms with Crippen LogP contribution in [0.4, 0.5) is 5.82 Å². The zero-order valence-electron chi connectivity index (χ0n) is 14.6. The monoisotopic (exact) mass is 342 g/mol. The number of benzene rings is 1. The van der Waals surface area contributed by atoms with E-state index in [1.165, 1.54) is 0 Å². The number of piperidine rings is 1. The Morgan fingerprint density at radius 1 is 1.28 bits per heavy atom. The van der Waals surface area contributed by atoms with Crippen LogP contribution in [-0.2, 0) is 0 Å². The number of aliphatic hydroxyl groups excluding tert-OH is 1. The Morgan fingerprint density at radius 3 is 2.68 bits per heavy atom. The van der Waals surface area contributed by atoms with Gasteiger partial charge in [-0.15, -0.1) is 0 Å². The van der Waals surface area contributed by atoms with Crippen molar-refractivity contribution in [3.05, 3.63) is 48.2 Å². The van der Waals surface area contributed by atoms with Gasteiger partial charge in [0.1, 0.15) is 5.82 Å². The number of aliphatic hydroxyl groups is 1. The predicted octanol–water partition coefficient (Wildman–Crippen LogP) is 2.54. The normalized spacial score (nSPS) is 17.4. The maximum atomic E-state index is 12.4. The smallest absolute Gasteiger partial charge is 0.256 e. The summed E-state index contributed by atoms with van der Waals surface area (Å²) < 4.78 is 1.93. The van der Waals surface area contributed by atoms with Gasteiger partial charge in [0.15, 0.2) is 0 Å². The van der Waals surface area contributed by atoms with Gasteiger partial charge in [0.25, 0.3) is 5.91 Å². The summed E-state index contributed by atoms with van der Waals surface area (Å²) in [7, 11) is 0. The summed E-state index contributed by atoms with van der Waals surface area (Å²) in [5.74, 6) is 0.617. The predicted molar refractivity (Wildman–Crippen MR) is 97.6 cm³/mol. The molecule has 1 aliphatic rings. The standard InChI is InChI=1S/C19H26N4O2/c1-2-17(24)14-22-12-9-16(10-13-22)23-18(8-11-20-23)21-19(25)15-6-4-3-5-7-15/h3-8,11,16-17,24H,2,9-10,12-14H2,1H3,(H,21,25). The summed E-state index contributed by atoms with van der Waals surface area (Å²) in [6.45, 7) is 4.62. The number of rotatable bonds is 6. The number of hydrogen-bond donors (Lipinski definition) is 2. The molecule has 25 heavy (non-hydrogen) atoms. The second-order valence-electron chi connectivity index (χ2n) is 6.58. The number of likely N-dealkylation sites (tertiary alicyclic amines) is 1. The summed E-state index contributed by atoms with van der Waals surface area (Å²) in [5, 5.41) is 17.2. The molecule has 2 aromatic rings. The first-order valence-corrected chi connectivity index (χ1v) is 8.97. The second-order valence-corrected chi connectivity index (χ2v) is 6.58. The van der Waals surface area contributed by atoms with Crippen molar-refractivity contribution in [1.82, 2.24) is 14.7 Å². The van der Waals surface area contributed by atoms with Gasteiger partial charge in [0, 0.05) is 31.3 Å². The highest BCUT2D eigenvalue weighted by Crippen LogP contribution is 2.25. The Labute approximate surface area is 148 Å². The van der Waals surface area contributed by atoms with Crippen LogP contribution in [0.15, 0.2) is 42.6 Å². The van der Waals surface area contributed by atoms with Crippen molar-refractivity contribution in [2.24, 2.45) is 0 Å². The van der Waals surface area contributed by atoms with E-state index in [1.54, 1.807) is 18.3 Å². The Bertz CT molecular complexity index is 678. The number of aromatic nitrogens is 2. The third-order valence-corrected chi connectivity index (χ3v) is 4.79. The van der Waals surface area contributed by atoms with Gasteiger partial charge in [-0.1, -0.05) is 25.1 Å². The molecular formula is C19H26N4O2. The molecule has 1 fully saturated rings. The molecule has 134 valence electrons. The van der Waals surface area contributed by atoms with Gasteiger partial charge in [-0.3, -0.25) is 4.79 Å². The van der Waals surface area contributed by atoms with Gasteiger partial charge in [-0.2, -0.15) is 5.10 Å². The highest BCUT2D eigenvalue weighted by Gasteiger charge is 2.24. The number of hydrogen-bond acceptors (Lipinski definition) is 4. The van der Waals surface area contributed by atoms with Crippen molar-refractivity contribution in [1.29, 1.82) is 0 Å². The number of amides is 1. The van der Waals surface area contributed by atoms with E-state index < -0.39 is 0 Å². The third-order valence-electron chi connectivity index (χ3n) is 4.79. The minimum atomic E-state index is -0.248. The highest BCUT2D eigenvalue weighted by atomic mass is 16.3. The Hall–Kier alpha value is -2.18. The van der Waals surface area contributed by atoms with E-state index >= 15 is 0 Å². The molecule has 0 bridgehead atoms. The lowest BCUT2D eigenvalue weighted by Crippen LogP contribution is -2.39. The van der Waals surface area contributed by atoms with E-state index in [1.807, 2.05) is 35.9 Å². The fraction of sp³-hybridized carbons (Fsp3) is 0.474. The summed E-state index contributed by atoms with van der Waals surface area (Å²) in [6, 6.07) is 11.3. The van der Waals surface area contributed by atoms with Gasteiger partial charge in [0.2, 0.25) is 0 Å². The van der Waals surface area contributed by atoms with Gasteiger partial charge >= 0.3 is 0 Å². The molecule has 1 atom stereocenters. The van der Waals surface area contributed by atoms with Crippen LogP contribution in [0.5, 0.6) is 0 Å². The van der Waals surface area contributed by atoms with E-state index in [2.05, 4.69) is 15.3 Å². The molecule has 0 aliphatic carbocycles. The van der Waals surface area contributed by atoms with E-state index in [0.717, 1.165) is 44.7 Å². The molecule has 0 spiro atoms. The molecule has 1 aromatic carbocycles. The zero-order chi connectivity index (χ0) is 17.6. The molecule has 1 unspecified atom stereocenters. The molecule has 1 amide bonds. The molecule has 2 heterocycles. The lowest BCUT2D eigenvalue weighted by Gasteiger charge is -2.33. The van der Waals surface area contributed by atoms with Crippen LogP contribution in [0.1, 0.15) is 42.6 Å². The molecule has 0 radical (unpaired) electrons. The highest BCUT2D eigenvalue weighted by molar-refractivity contribution is 6.03. The fourth-order valence-corrected chi connectivity index (χ4v) is 3.26. The summed E-state index contributed by atoms with van der Waals surface area (Å²) in [4.78, 5) is 14.7. The third kappa shape index (κ3) is 4.46. The van der Waals surface area contributed by atoms with Crippen molar-refractivity contribution in [2.75, 3.05) is 25.0 Å². The van der Waals surface area contributed by atoms with E-state index in [-0.39, 0.29) is 18.1 Å². The molecule has 3 rings (SSSR count). The van der Waals surface area contributed by atoms with Crippen LogP contribution in [0.2, 0.25) is 0 Å². The zero-order valence-corrected chi connectivity index (χ0v) is 14.6. The van der Waals surface area contributed by atoms with E-state index in [0.29, 0.717) is 5.56 Å². The average molecular weight is 342 g/mol. The molecule has 6 heteroatoms. The number of nitrogens with one attached hydrogen (secondary N) is 1. The summed E-state index contributed by atoms with van der Waals surface area (Å²) in [5.41, 5.74) is 0.638. The first kappa shape index (κ1) is 17.6. The van der Waals surface area contributed by atoms with Crippen molar-refractivity contribution in [2.45, 2.75) is 38.3 Å². The maximum absolute atomic E-state index is 12.4. The quantitative estimate of drug-likeness (QED) is 0.846. The van der Waals surface area contributed by atoms with E-state index in [4.69, 9.17) is 0 Å².